The Morgan fingerprint density at radius 1 is 1.12 bits per heavy atom. The van der Waals surface area contributed by atoms with E-state index in [1.54, 1.807) is 31.2 Å². The third-order valence-electron chi connectivity index (χ3n) is 3.43. The van der Waals surface area contributed by atoms with Gasteiger partial charge in [-0.3, -0.25) is 4.79 Å². The molecule has 0 aliphatic heterocycles. The fourth-order valence-electron chi connectivity index (χ4n) is 2.23. The van der Waals surface area contributed by atoms with Gasteiger partial charge in [0.2, 0.25) is 0 Å². The molecule has 1 aromatic heterocycles. The zero-order chi connectivity index (χ0) is 18.0. The number of carbonyl (C=O) groups excluding carboxylic acids is 1. The van der Waals surface area contributed by atoms with Crippen LogP contribution in [0.2, 0.25) is 0 Å². The maximum Gasteiger partial charge on any atom is 0.416 e. The molecule has 0 saturated carbocycles. The molecule has 0 unspecified atom stereocenters. The van der Waals surface area contributed by atoms with Crippen molar-refractivity contribution in [3.63, 3.8) is 0 Å². The van der Waals surface area contributed by atoms with Gasteiger partial charge in [0.05, 0.1) is 11.3 Å². The number of aryl methyl sites for hydroxylation is 1. The number of benzene rings is 2. The Hall–Kier alpha value is -3.23. The lowest BCUT2D eigenvalue weighted by atomic mass is 10.1. The van der Waals surface area contributed by atoms with Crippen molar-refractivity contribution in [2.75, 3.05) is 5.32 Å². The number of hydrogen-bond donors (Lipinski definition) is 1. The monoisotopic (exact) mass is 347 g/mol. The Bertz CT molecular complexity index is 920. The molecule has 6 nitrogen and oxygen atoms in total. The van der Waals surface area contributed by atoms with Crippen molar-refractivity contribution in [1.82, 2.24) is 20.2 Å². The predicted molar refractivity (Wildman–Crippen MR) is 83.3 cm³/mol. The fourth-order valence-corrected chi connectivity index (χ4v) is 2.23. The largest absolute Gasteiger partial charge is 0.416 e. The molecule has 25 heavy (non-hydrogen) atoms. The van der Waals surface area contributed by atoms with E-state index in [4.69, 9.17) is 0 Å². The topological polar surface area (TPSA) is 72.7 Å². The number of carbonyl (C=O) groups is 1. The number of aromatic nitrogens is 4. The SMILES string of the molecule is Cc1nnnn1-c1cccc(NC(=O)c2cccc(C(F)(F)F)c2)c1. The van der Waals surface area contributed by atoms with Crippen LogP contribution in [0.3, 0.4) is 0 Å². The quantitative estimate of drug-likeness (QED) is 0.789. The first kappa shape index (κ1) is 16.6. The number of nitrogens with zero attached hydrogens (tertiary/aromatic N) is 4. The van der Waals surface area contributed by atoms with E-state index in [1.807, 2.05) is 0 Å². The van der Waals surface area contributed by atoms with Crippen LogP contribution in [-0.2, 0) is 6.18 Å². The number of nitrogens with one attached hydrogen (secondary N) is 1. The van der Waals surface area contributed by atoms with Crippen LogP contribution in [-0.4, -0.2) is 26.1 Å². The Balaban J connectivity index is 1.83. The molecule has 1 N–H and O–H groups in total. The van der Waals surface area contributed by atoms with Gasteiger partial charge in [-0.1, -0.05) is 12.1 Å². The number of amides is 1. The summed E-state index contributed by atoms with van der Waals surface area (Å²) in [6.45, 7) is 1.72. The summed E-state index contributed by atoms with van der Waals surface area (Å²) in [7, 11) is 0. The first-order valence-corrected chi connectivity index (χ1v) is 7.18. The van der Waals surface area contributed by atoms with Crippen LogP contribution in [0.1, 0.15) is 21.7 Å². The average molecular weight is 347 g/mol. The van der Waals surface area contributed by atoms with Crippen molar-refractivity contribution in [2.24, 2.45) is 0 Å². The lowest BCUT2D eigenvalue weighted by molar-refractivity contribution is -0.137. The number of hydrogen-bond acceptors (Lipinski definition) is 4. The van der Waals surface area contributed by atoms with Crippen LogP contribution in [0.15, 0.2) is 48.5 Å². The molecule has 3 aromatic rings. The highest BCUT2D eigenvalue weighted by atomic mass is 19.4. The van der Waals surface area contributed by atoms with Crippen LogP contribution >= 0.6 is 0 Å². The predicted octanol–water partition coefficient (Wildman–Crippen LogP) is 3.24. The second-order valence-corrected chi connectivity index (χ2v) is 5.22. The molecule has 2 aromatic carbocycles. The van der Waals surface area contributed by atoms with E-state index in [1.165, 1.54) is 16.8 Å². The maximum absolute atomic E-state index is 12.8. The summed E-state index contributed by atoms with van der Waals surface area (Å²) >= 11 is 0. The van der Waals surface area contributed by atoms with E-state index >= 15 is 0 Å². The summed E-state index contributed by atoms with van der Waals surface area (Å²) in [5.74, 6) is -0.0851. The van der Waals surface area contributed by atoms with Crippen LogP contribution in [0.5, 0.6) is 0 Å². The van der Waals surface area contributed by atoms with Crippen molar-refractivity contribution in [1.29, 1.82) is 0 Å². The minimum Gasteiger partial charge on any atom is -0.322 e. The Morgan fingerprint density at radius 3 is 2.56 bits per heavy atom. The summed E-state index contributed by atoms with van der Waals surface area (Å²) in [5, 5.41) is 13.7. The van der Waals surface area contributed by atoms with E-state index in [9.17, 15) is 18.0 Å². The second-order valence-electron chi connectivity index (χ2n) is 5.22. The first-order chi connectivity index (χ1) is 11.8. The van der Waals surface area contributed by atoms with Gasteiger partial charge in [0, 0.05) is 11.3 Å². The summed E-state index contributed by atoms with van der Waals surface area (Å²) in [5.41, 5.74) is 0.0659. The van der Waals surface area contributed by atoms with Crippen molar-refractivity contribution in [3.8, 4) is 5.69 Å². The third kappa shape index (κ3) is 3.65. The van der Waals surface area contributed by atoms with Crippen molar-refractivity contribution >= 4 is 11.6 Å². The average Bonchev–Trinajstić information content (AvgIpc) is 3.00. The van der Waals surface area contributed by atoms with Crippen LogP contribution in [0, 0.1) is 6.92 Å². The minimum absolute atomic E-state index is 0.0844. The van der Waals surface area contributed by atoms with Crippen LogP contribution < -0.4 is 5.32 Å². The fraction of sp³-hybridized carbons (Fsp3) is 0.125. The number of tetrazole rings is 1. The molecule has 128 valence electrons. The molecule has 0 bridgehead atoms. The molecule has 1 heterocycles. The van der Waals surface area contributed by atoms with E-state index < -0.39 is 17.6 Å². The van der Waals surface area contributed by atoms with Gasteiger partial charge in [-0.2, -0.15) is 17.9 Å². The van der Waals surface area contributed by atoms with Crippen molar-refractivity contribution in [3.05, 3.63) is 65.5 Å². The van der Waals surface area contributed by atoms with Gasteiger partial charge in [-0.15, -0.1) is 5.10 Å². The number of alkyl halides is 3. The Kier molecular flexibility index (Phi) is 4.22. The Morgan fingerprint density at radius 2 is 1.88 bits per heavy atom. The molecule has 9 heteroatoms. The van der Waals surface area contributed by atoms with Crippen molar-refractivity contribution in [2.45, 2.75) is 13.1 Å². The smallest absolute Gasteiger partial charge is 0.322 e. The molecule has 0 atom stereocenters. The van der Waals surface area contributed by atoms with E-state index in [2.05, 4.69) is 20.8 Å². The Labute approximate surface area is 140 Å². The van der Waals surface area contributed by atoms with Gasteiger partial charge in [0.15, 0.2) is 5.82 Å². The normalized spacial score (nSPS) is 11.4. The molecule has 0 spiro atoms. The maximum atomic E-state index is 12.8. The highest BCUT2D eigenvalue weighted by Gasteiger charge is 2.30. The minimum atomic E-state index is -4.51. The highest BCUT2D eigenvalue weighted by Crippen LogP contribution is 2.29. The first-order valence-electron chi connectivity index (χ1n) is 7.18. The van der Waals surface area contributed by atoms with E-state index in [-0.39, 0.29) is 5.56 Å². The van der Waals surface area contributed by atoms with Gasteiger partial charge in [-0.25, -0.2) is 0 Å². The number of rotatable bonds is 3. The van der Waals surface area contributed by atoms with Gasteiger partial charge in [0.25, 0.3) is 5.91 Å². The van der Waals surface area contributed by atoms with Crippen LogP contribution in [0.25, 0.3) is 5.69 Å². The van der Waals surface area contributed by atoms with E-state index in [0.717, 1.165) is 12.1 Å². The second kappa shape index (κ2) is 6.34. The molecule has 0 saturated heterocycles. The zero-order valence-corrected chi connectivity index (χ0v) is 12.9. The highest BCUT2D eigenvalue weighted by molar-refractivity contribution is 6.04. The molecule has 0 aliphatic rings. The van der Waals surface area contributed by atoms with Gasteiger partial charge < -0.3 is 5.32 Å². The van der Waals surface area contributed by atoms with Gasteiger partial charge in [0.1, 0.15) is 0 Å². The summed E-state index contributed by atoms with van der Waals surface area (Å²) in [6.07, 6.45) is -4.51. The van der Waals surface area contributed by atoms with Crippen LogP contribution in [0.4, 0.5) is 18.9 Å². The summed E-state index contributed by atoms with van der Waals surface area (Å²) in [4.78, 5) is 12.2. The standard InChI is InChI=1S/C16H12F3N5O/c1-10-21-22-23-24(10)14-7-3-6-13(9-14)20-15(25)11-4-2-5-12(8-11)16(17,18)19/h2-9H,1H3,(H,20,25). The van der Waals surface area contributed by atoms with E-state index in [0.29, 0.717) is 17.2 Å². The molecular formula is C16H12F3N5O. The molecule has 1 amide bonds. The molecular weight excluding hydrogens is 335 g/mol. The summed E-state index contributed by atoms with van der Waals surface area (Å²) in [6, 6.07) is 10.9. The molecule has 0 fully saturated rings. The number of halogens is 3. The lowest BCUT2D eigenvalue weighted by Crippen LogP contribution is -2.14. The lowest BCUT2D eigenvalue weighted by Gasteiger charge is -2.10. The molecule has 0 aliphatic carbocycles. The molecule has 3 rings (SSSR count). The van der Waals surface area contributed by atoms with Gasteiger partial charge in [-0.05, 0) is 53.7 Å². The summed E-state index contributed by atoms with van der Waals surface area (Å²) < 4.78 is 39.7. The molecule has 0 radical (unpaired) electrons. The zero-order valence-electron chi connectivity index (χ0n) is 12.9. The van der Waals surface area contributed by atoms with Crippen molar-refractivity contribution < 1.29 is 18.0 Å². The van der Waals surface area contributed by atoms with Gasteiger partial charge >= 0.3 is 6.18 Å². The number of anilines is 1. The third-order valence-corrected chi connectivity index (χ3v) is 3.43.